The number of carbonyl (C=O) groups is 2. The van der Waals surface area contributed by atoms with E-state index in [1.165, 1.54) is 19.2 Å². The van der Waals surface area contributed by atoms with E-state index in [2.05, 4.69) is 5.32 Å². The summed E-state index contributed by atoms with van der Waals surface area (Å²) in [5.41, 5.74) is -1.12. The number of fused-ring (bicyclic) bond motifs is 1. The second-order valence-corrected chi connectivity index (χ2v) is 6.39. The molecule has 0 atom stereocenters. The van der Waals surface area contributed by atoms with Crippen LogP contribution in [0.1, 0.15) is 23.1 Å². The molecule has 2 aromatic rings. The van der Waals surface area contributed by atoms with E-state index in [4.69, 9.17) is 0 Å². The number of likely N-dealkylation sites (N-methyl/N-ethyl adjacent to an activating group) is 1. The Bertz CT molecular complexity index is 1020. The Kier molecular flexibility index (Phi) is 5.32. The van der Waals surface area contributed by atoms with Crippen molar-refractivity contribution in [2.75, 3.05) is 11.9 Å². The standard InChI is InChI=1S/C20H16F4N2O3/c1-25-19(29)13-9-17(27)26(16-5-3-2-4-12(16)18(13)28)10-11-6-7-15(21)14(8-11)20(22,23)24/h2-8,28H,9-10H2,1H3,(H,25,29). The van der Waals surface area contributed by atoms with Crippen LogP contribution in [-0.4, -0.2) is 24.0 Å². The normalized spacial score (nSPS) is 14.5. The van der Waals surface area contributed by atoms with E-state index in [1.54, 1.807) is 12.1 Å². The van der Waals surface area contributed by atoms with Crippen LogP contribution in [0.4, 0.5) is 23.2 Å². The smallest absolute Gasteiger partial charge is 0.419 e. The lowest BCUT2D eigenvalue weighted by atomic mass is 10.1. The Morgan fingerprint density at radius 3 is 2.55 bits per heavy atom. The van der Waals surface area contributed by atoms with Gasteiger partial charge in [0.1, 0.15) is 11.6 Å². The van der Waals surface area contributed by atoms with Crippen LogP contribution in [-0.2, 0) is 22.3 Å². The molecule has 0 spiro atoms. The van der Waals surface area contributed by atoms with Gasteiger partial charge in [0, 0.05) is 12.6 Å². The molecule has 29 heavy (non-hydrogen) atoms. The maximum absolute atomic E-state index is 13.6. The monoisotopic (exact) mass is 408 g/mol. The lowest BCUT2D eigenvalue weighted by Crippen LogP contribution is -2.31. The molecule has 1 heterocycles. The minimum Gasteiger partial charge on any atom is -0.507 e. The average molecular weight is 408 g/mol. The molecule has 0 unspecified atom stereocenters. The molecule has 3 rings (SSSR count). The third kappa shape index (κ3) is 3.94. The highest BCUT2D eigenvalue weighted by Gasteiger charge is 2.35. The summed E-state index contributed by atoms with van der Waals surface area (Å²) in [6.07, 6.45) is -5.33. The number of amides is 2. The van der Waals surface area contributed by atoms with Crippen molar-refractivity contribution in [3.63, 3.8) is 0 Å². The van der Waals surface area contributed by atoms with Crippen LogP contribution in [0.5, 0.6) is 0 Å². The zero-order chi connectivity index (χ0) is 21.3. The van der Waals surface area contributed by atoms with Crippen molar-refractivity contribution < 1.29 is 32.3 Å². The molecule has 9 heteroatoms. The zero-order valence-corrected chi connectivity index (χ0v) is 15.2. The minimum atomic E-state index is -4.88. The van der Waals surface area contributed by atoms with Gasteiger partial charge < -0.3 is 15.3 Å². The number of nitrogens with one attached hydrogen (secondary N) is 1. The SMILES string of the molecule is CNC(=O)C1=C(O)c2ccccc2N(Cc2ccc(F)c(C(F)(F)F)c2)C(=O)C1. The van der Waals surface area contributed by atoms with Crippen molar-refractivity contribution in [3.05, 3.63) is 70.5 Å². The number of alkyl halides is 3. The summed E-state index contributed by atoms with van der Waals surface area (Å²) in [5.74, 6) is -3.04. The fourth-order valence-corrected chi connectivity index (χ4v) is 3.12. The summed E-state index contributed by atoms with van der Waals surface area (Å²) in [6.45, 7) is -0.298. The zero-order valence-electron chi connectivity index (χ0n) is 15.2. The molecule has 0 radical (unpaired) electrons. The lowest BCUT2D eigenvalue weighted by Gasteiger charge is -2.23. The molecule has 0 bridgehead atoms. The first kappa shape index (κ1) is 20.4. The van der Waals surface area contributed by atoms with Crippen molar-refractivity contribution in [2.45, 2.75) is 19.1 Å². The van der Waals surface area contributed by atoms with Crippen molar-refractivity contribution in [2.24, 2.45) is 0 Å². The first-order valence-corrected chi connectivity index (χ1v) is 8.53. The number of benzene rings is 2. The highest BCUT2D eigenvalue weighted by atomic mass is 19.4. The van der Waals surface area contributed by atoms with Crippen LogP contribution < -0.4 is 10.2 Å². The fraction of sp³-hybridized carbons (Fsp3) is 0.200. The summed E-state index contributed by atoms with van der Waals surface area (Å²) < 4.78 is 52.6. The molecule has 0 aromatic heterocycles. The number of aliphatic hydroxyl groups is 1. The minimum absolute atomic E-state index is 0.0461. The van der Waals surface area contributed by atoms with Gasteiger partial charge in [0.2, 0.25) is 5.91 Å². The van der Waals surface area contributed by atoms with Gasteiger partial charge in [-0.3, -0.25) is 9.59 Å². The largest absolute Gasteiger partial charge is 0.507 e. The number of para-hydroxylation sites is 1. The van der Waals surface area contributed by atoms with E-state index in [9.17, 15) is 32.3 Å². The Hall–Kier alpha value is -3.36. The molecular formula is C20H16F4N2O3. The number of hydrogen-bond donors (Lipinski definition) is 2. The number of anilines is 1. The van der Waals surface area contributed by atoms with Gasteiger partial charge in [0.15, 0.2) is 0 Å². The van der Waals surface area contributed by atoms with Gasteiger partial charge in [-0.05, 0) is 29.8 Å². The fourth-order valence-electron chi connectivity index (χ4n) is 3.12. The topological polar surface area (TPSA) is 69.6 Å². The summed E-state index contributed by atoms with van der Waals surface area (Å²) in [5, 5.41) is 12.9. The summed E-state index contributed by atoms with van der Waals surface area (Å²) >= 11 is 0. The van der Waals surface area contributed by atoms with E-state index in [0.717, 1.165) is 11.0 Å². The van der Waals surface area contributed by atoms with Gasteiger partial charge in [-0.15, -0.1) is 0 Å². The number of aliphatic hydroxyl groups excluding tert-OH is 1. The van der Waals surface area contributed by atoms with E-state index >= 15 is 0 Å². The Morgan fingerprint density at radius 2 is 1.90 bits per heavy atom. The Balaban J connectivity index is 2.06. The molecule has 0 saturated heterocycles. The second-order valence-electron chi connectivity index (χ2n) is 6.39. The van der Waals surface area contributed by atoms with Crippen molar-refractivity contribution in [1.29, 1.82) is 0 Å². The third-order valence-corrected chi connectivity index (χ3v) is 4.54. The summed E-state index contributed by atoms with van der Waals surface area (Å²) in [7, 11) is 1.35. The lowest BCUT2D eigenvalue weighted by molar-refractivity contribution is -0.140. The van der Waals surface area contributed by atoms with Crippen LogP contribution >= 0.6 is 0 Å². The van der Waals surface area contributed by atoms with Gasteiger partial charge in [-0.2, -0.15) is 13.2 Å². The average Bonchev–Trinajstić information content (AvgIpc) is 2.78. The molecule has 152 valence electrons. The molecule has 5 nitrogen and oxygen atoms in total. The van der Waals surface area contributed by atoms with Gasteiger partial charge in [-0.1, -0.05) is 18.2 Å². The highest BCUT2D eigenvalue weighted by molar-refractivity contribution is 6.10. The maximum Gasteiger partial charge on any atom is 0.419 e. The second kappa shape index (κ2) is 7.57. The van der Waals surface area contributed by atoms with Gasteiger partial charge in [-0.25, -0.2) is 4.39 Å². The predicted octanol–water partition coefficient (Wildman–Crippen LogP) is 3.80. The van der Waals surface area contributed by atoms with Crippen LogP contribution in [0.25, 0.3) is 5.76 Å². The number of hydrogen-bond acceptors (Lipinski definition) is 3. The van der Waals surface area contributed by atoms with Gasteiger partial charge >= 0.3 is 6.18 Å². The van der Waals surface area contributed by atoms with E-state index in [-0.39, 0.29) is 34.7 Å². The molecule has 2 amide bonds. The van der Waals surface area contributed by atoms with Crippen molar-refractivity contribution >= 4 is 23.3 Å². The first-order chi connectivity index (χ1) is 13.6. The third-order valence-electron chi connectivity index (χ3n) is 4.54. The summed E-state index contributed by atoms with van der Waals surface area (Å²) in [6, 6.07) is 8.65. The van der Waals surface area contributed by atoms with Crippen molar-refractivity contribution in [1.82, 2.24) is 5.32 Å². The molecule has 1 aliphatic rings. The molecule has 0 saturated carbocycles. The van der Waals surface area contributed by atoms with E-state index in [1.807, 2.05) is 0 Å². The predicted molar refractivity (Wildman–Crippen MR) is 97.3 cm³/mol. The highest BCUT2D eigenvalue weighted by Crippen LogP contribution is 2.36. The maximum atomic E-state index is 13.6. The number of rotatable bonds is 3. The van der Waals surface area contributed by atoms with Crippen LogP contribution in [0, 0.1) is 5.82 Å². The van der Waals surface area contributed by atoms with E-state index in [0.29, 0.717) is 12.1 Å². The molecule has 2 aromatic carbocycles. The Morgan fingerprint density at radius 1 is 1.21 bits per heavy atom. The Labute approximate surface area is 163 Å². The molecule has 0 fully saturated rings. The molecular weight excluding hydrogens is 392 g/mol. The van der Waals surface area contributed by atoms with Crippen LogP contribution in [0.15, 0.2) is 48.0 Å². The number of nitrogens with zero attached hydrogens (tertiary/aromatic N) is 1. The molecule has 1 aliphatic heterocycles. The quantitative estimate of drug-likeness (QED) is 0.760. The van der Waals surface area contributed by atoms with Crippen molar-refractivity contribution in [3.8, 4) is 0 Å². The first-order valence-electron chi connectivity index (χ1n) is 8.53. The van der Waals surface area contributed by atoms with Crippen LogP contribution in [0.2, 0.25) is 0 Å². The molecule has 2 N–H and O–H groups in total. The van der Waals surface area contributed by atoms with E-state index < -0.39 is 35.8 Å². The summed E-state index contributed by atoms with van der Waals surface area (Å²) in [4.78, 5) is 26.0. The number of carbonyl (C=O) groups excluding carboxylic acids is 2. The molecule has 0 aliphatic carbocycles. The number of halogens is 4. The van der Waals surface area contributed by atoms with Gasteiger partial charge in [0.25, 0.3) is 5.91 Å². The van der Waals surface area contributed by atoms with Gasteiger partial charge in [0.05, 0.1) is 29.8 Å². The van der Waals surface area contributed by atoms with Crippen LogP contribution in [0.3, 0.4) is 0 Å².